The van der Waals surface area contributed by atoms with Crippen molar-refractivity contribution in [1.82, 2.24) is 0 Å². The zero-order chi connectivity index (χ0) is 12.0. The van der Waals surface area contributed by atoms with Gasteiger partial charge in [-0.15, -0.1) is 0 Å². The third-order valence-corrected chi connectivity index (χ3v) is 2.30. The van der Waals surface area contributed by atoms with Gasteiger partial charge < -0.3 is 4.74 Å². The lowest BCUT2D eigenvalue weighted by Gasteiger charge is -2.02. The molecule has 0 aromatic heterocycles. The highest BCUT2D eigenvalue weighted by atomic mass is 16.5. The maximum atomic E-state index is 11.7. The van der Waals surface area contributed by atoms with Gasteiger partial charge in [-0.05, 0) is 30.7 Å². The third kappa shape index (κ3) is 3.50. The molecule has 1 rings (SSSR count). The summed E-state index contributed by atoms with van der Waals surface area (Å²) in [4.78, 5) is 23.0. The number of hydrogen-bond donors (Lipinski definition) is 0. The van der Waals surface area contributed by atoms with E-state index >= 15 is 0 Å². The van der Waals surface area contributed by atoms with Crippen LogP contribution in [0.2, 0.25) is 0 Å². The second-order valence-electron chi connectivity index (χ2n) is 3.62. The van der Waals surface area contributed by atoms with E-state index in [9.17, 15) is 9.59 Å². The maximum absolute atomic E-state index is 11.7. The van der Waals surface area contributed by atoms with Gasteiger partial charge in [0.05, 0.1) is 13.5 Å². The number of hydrogen-bond acceptors (Lipinski definition) is 3. The van der Waals surface area contributed by atoms with Crippen LogP contribution in [0.15, 0.2) is 24.3 Å². The van der Waals surface area contributed by atoms with Gasteiger partial charge in [0.15, 0.2) is 5.78 Å². The van der Waals surface area contributed by atoms with Gasteiger partial charge in [0.1, 0.15) is 11.5 Å². The van der Waals surface area contributed by atoms with Crippen molar-refractivity contribution < 1.29 is 14.3 Å². The lowest BCUT2D eigenvalue weighted by atomic mass is 10.0. The minimum atomic E-state index is -0.124. The highest BCUT2D eigenvalue weighted by Gasteiger charge is 2.10. The van der Waals surface area contributed by atoms with E-state index < -0.39 is 0 Å². The molecule has 0 aliphatic carbocycles. The Morgan fingerprint density at radius 3 is 2.31 bits per heavy atom. The first-order chi connectivity index (χ1) is 7.67. The average Bonchev–Trinajstić information content (AvgIpc) is 2.29. The third-order valence-electron chi connectivity index (χ3n) is 2.30. The van der Waals surface area contributed by atoms with Crippen LogP contribution in [0.1, 0.15) is 36.5 Å². The number of ether oxygens (including phenoxy) is 1. The average molecular weight is 220 g/mol. The SMILES string of the molecule is CCCC(=O)CC(=O)c1ccc(OC)cc1. The van der Waals surface area contributed by atoms with E-state index in [1.807, 2.05) is 6.92 Å². The fraction of sp³-hybridized carbons (Fsp3) is 0.385. The number of carbonyl (C=O) groups is 2. The summed E-state index contributed by atoms with van der Waals surface area (Å²) in [5, 5.41) is 0. The molecule has 0 atom stereocenters. The normalized spacial score (nSPS) is 9.88. The molecule has 0 unspecified atom stereocenters. The highest BCUT2D eigenvalue weighted by Crippen LogP contribution is 2.13. The first-order valence-corrected chi connectivity index (χ1v) is 5.36. The fourth-order valence-corrected chi connectivity index (χ4v) is 1.43. The van der Waals surface area contributed by atoms with Crippen molar-refractivity contribution in [3.63, 3.8) is 0 Å². The summed E-state index contributed by atoms with van der Waals surface area (Å²) in [5.41, 5.74) is 0.560. The molecule has 0 bridgehead atoms. The molecule has 0 amide bonds. The molecule has 3 heteroatoms. The maximum Gasteiger partial charge on any atom is 0.170 e. The van der Waals surface area contributed by atoms with Crippen LogP contribution in [0.4, 0.5) is 0 Å². The number of benzene rings is 1. The summed E-state index contributed by atoms with van der Waals surface area (Å²) >= 11 is 0. The lowest BCUT2D eigenvalue weighted by molar-refractivity contribution is -0.118. The molecular formula is C13H16O3. The molecule has 3 nitrogen and oxygen atoms in total. The van der Waals surface area contributed by atoms with Crippen LogP contribution in [-0.4, -0.2) is 18.7 Å². The predicted molar refractivity (Wildman–Crippen MR) is 61.9 cm³/mol. The van der Waals surface area contributed by atoms with Crippen LogP contribution in [0.5, 0.6) is 5.75 Å². The Bertz CT molecular complexity index is 365. The molecule has 0 fully saturated rings. The van der Waals surface area contributed by atoms with Gasteiger partial charge in [0, 0.05) is 12.0 Å². The number of Topliss-reactive ketones (excluding diaryl/α,β-unsaturated/α-hetero) is 2. The van der Waals surface area contributed by atoms with Gasteiger partial charge in [0.2, 0.25) is 0 Å². The predicted octanol–water partition coefficient (Wildman–Crippen LogP) is 2.64. The van der Waals surface area contributed by atoms with Crippen molar-refractivity contribution in [2.75, 3.05) is 7.11 Å². The summed E-state index contributed by atoms with van der Waals surface area (Å²) in [5.74, 6) is 0.584. The standard InChI is InChI=1S/C13H16O3/c1-3-4-11(14)9-13(15)10-5-7-12(16-2)8-6-10/h5-8H,3-4,9H2,1-2H3. The number of methoxy groups -OCH3 is 1. The van der Waals surface area contributed by atoms with Crippen LogP contribution in [0, 0.1) is 0 Å². The zero-order valence-corrected chi connectivity index (χ0v) is 9.66. The first kappa shape index (κ1) is 12.4. The first-order valence-electron chi connectivity index (χ1n) is 5.36. The molecule has 1 aromatic carbocycles. The Hall–Kier alpha value is -1.64. The highest BCUT2D eigenvalue weighted by molar-refractivity contribution is 6.07. The summed E-state index contributed by atoms with van der Waals surface area (Å²) in [7, 11) is 1.57. The molecule has 0 saturated carbocycles. The molecule has 0 N–H and O–H groups in total. The van der Waals surface area contributed by atoms with Gasteiger partial charge in [-0.25, -0.2) is 0 Å². The largest absolute Gasteiger partial charge is 0.497 e. The molecule has 0 heterocycles. The van der Waals surface area contributed by atoms with Crippen molar-refractivity contribution in [1.29, 1.82) is 0 Å². The second kappa shape index (κ2) is 6.05. The minimum absolute atomic E-state index is 0.000167. The summed E-state index contributed by atoms with van der Waals surface area (Å²) in [6.45, 7) is 1.93. The number of ketones is 2. The monoisotopic (exact) mass is 220 g/mol. The van der Waals surface area contributed by atoms with Crippen molar-refractivity contribution in [3.05, 3.63) is 29.8 Å². The van der Waals surface area contributed by atoms with Crippen molar-refractivity contribution in [3.8, 4) is 5.75 Å². The van der Waals surface area contributed by atoms with Gasteiger partial charge >= 0.3 is 0 Å². The Morgan fingerprint density at radius 2 is 1.81 bits per heavy atom. The van der Waals surface area contributed by atoms with E-state index in [1.165, 1.54) is 0 Å². The second-order valence-corrected chi connectivity index (χ2v) is 3.62. The summed E-state index contributed by atoms with van der Waals surface area (Å²) < 4.78 is 4.99. The zero-order valence-electron chi connectivity index (χ0n) is 9.66. The molecule has 0 radical (unpaired) electrons. The Kier molecular flexibility index (Phi) is 4.70. The van der Waals surface area contributed by atoms with Crippen LogP contribution < -0.4 is 4.74 Å². The molecule has 16 heavy (non-hydrogen) atoms. The lowest BCUT2D eigenvalue weighted by Crippen LogP contribution is -2.07. The summed E-state index contributed by atoms with van der Waals surface area (Å²) in [6.07, 6.45) is 1.26. The number of rotatable bonds is 6. The molecule has 0 aliphatic heterocycles. The fourth-order valence-electron chi connectivity index (χ4n) is 1.43. The Morgan fingerprint density at radius 1 is 1.19 bits per heavy atom. The van der Waals surface area contributed by atoms with Gasteiger partial charge in [-0.2, -0.15) is 0 Å². The molecule has 0 spiro atoms. The topological polar surface area (TPSA) is 43.4 Å². The van der Waals surface area contributed by atoms with E-state index in [1.54, 1.807) is 31.4 Å². The number of carbonyl (C=O) groups excluding carboxylic acids is 2. The van der Waals surface area contributed by atoms with Crippen molar-refractivity contribution in [2.45, 2.75) is 26.2 Å². The van der Waals surface area contributed by atoms with Gasteiger partial charge in [-0.3, -0.25) is 9.59 Å². The van der Waals surface area contributed by atoms with E-state index in [-0.39, 0.29) is 18.0 Å². The van der Waals surface area contributed by atoms with Crippen LogP contribution in [-0.2, 0) is 4.79 Å². The summed E-state index contributed by atoms with van der Waals surface area (Å²) in [6, 6.07) is 6.80. The van der Waals surface area contributed by atoms with Crippen molar-refractivity contribution in [2.24, 2.45) is 0 Å². The van der Waals surface area contributed by atoms with Crippen LogP contribution in [0.25, 0.3) is 0 Å². The van der Waals surface area contributed by atoms with E-state index in [2.05, 4.69) is 0 Å². The molecule has 0 saturated heterocycles. The van der Waals surface area contributed by atoms with Crippen LogP contribution in [0.3, 0.4) is 0 Å². The van der Waals surface area contributed by atoms with E-state index in [0.717, 1.165) is 6.42 Å². The van der Waals surface area contributed by atoms with E-state index in [4.69, 9.17) is 4.74 Å². The molecule has 1 aromatic rings. The van der Waals surface area contributed by atoms with Crippen LogP contribution >= 0.6 is 0 Å². The smallest absolute Gasteiger partial charge is 0.170 e. The molecular weight excluding hydrogens is 204 g/mol. The van der Waals surface area contributed by atoms with E-state index in [0.29, 0.717) is 17.7 Å². The molecule has 0 aliphatic rings. The quantitative estimate of drug-likeness (QED) is 0.546. The Labute approximate surface area is 95.4 Å². The molecule has 86 valence electrons. The minimum Gasteiger partial charge on any atom is -0.497 e. The Balaban J connectivity index is 2.62. The van der Waals surface area contributed by atoms with Crippen molar-refractivity contribution >= 4 is 11.6 Å². The van der Waals surface area contributed by atoms with Gasteiger partial charge in [-0.1, -0.05) is 6.92 Å². The van der Waals surface area contributed by atoms with Gasteiger partial charge in [0.25, 0.3) is 0 Å².